The number of rotatable bonds is 8. The third-order valence-electron chi connectivity index (χ3n) is 8.18. The third-order valence-corrected chi connectivity index (χ3v) is 9.79. The van der Waals surface area contributed by atoms with Crippen LogP contribution in [0, 0.1) is 17.1 Å². The van der Waals surface area contributed by atoms with Gasteiger partial charge in [0.15, 0.2) is 0 Å². The van der Waals surface area contributed by atoms with Gasteiger partial charge in [-0.05, 0) is 59.8 Å². The van der Waals surface area contributed by atoms with Gasteiger partial charge >= 0.3 is 0 Å². The number of nitrogens with one attached hydrogen (secondary N) is 2. The first-order valence-electron chi connectivity index (χ1n) is 14.2. The maximum Gasteiger partial charge on any atom is 0.141 e. The number of anilines is 3. The molecule has 1 atom stereocenters. The average Bonchev–Trinajstić information content (AvgIpc) is 3.64. The smallest absolute Gasteiger partial charge is 0.141 e. The summed E-state index contributed by atoms with van der Waals surface area (Å²) in [5.41, 5.74) is 5.85. The van der Waals surface area contributed by atoms with Crippen molar-refractivity contribution in [3.8, 4) is 6.07 Å². The Morgan fingerprint density at radius 2 is 2.05 bits per heavy atom. The molecule has 224 valence electrons. The molecule has 2 aliphatic rings. The van der Waals surface area contributed by atoms with Gasteiger partial charge in [-0.25, -0.2) is 9.07 Å². The number of likely N-dealkylation sites (N-methyl/N-ethyl adjacent to an activating group) is 1. The van der Waals surface area contributed by atoms with Gasteiger partial charge in [0.1, 0.15) is 23.6 Å². The minimum Gasteiger partial charge on any atom is -0.377 e. The molecule has 5 aromatic rings. The molecule has 1 unspecified atom stereocenters. The molecule has 7 rings (SSSR count). The first-order valence-corrected chi connectivity index (χ1v) is 15.9. The molecule has 0 bridgehead atoms. The van der Waals surface area contributed by atoms with Crippen LogP contribution in [0.15, 0.2) is 48.1 Å². The van der Waals surface area contributed by atoms with Gasteiger partial charge in [-0.15, -0.1) is 16.4 Å². The summed E-state index contributed by atoms with van der Waals surface area (Å²) >= 11 is 14.6. The van der Waals surface area contributed by atoms with Gasteiger partial charge in [0.2, 0.25) is 0 Å². The Balaban J connectivity index is 1.31. The maximum absolute atomic E-state index is 13.9. The second-order valence-corrected chi connectivity index (χ2v) is 12.6. The van der Waals surface area contributed by atoms with Crippen LogP contribution in [0.25, 0.3) is 10.9 Å². The molecule has 1 fully saturated rings. The number of hydrogen-bond donors (Lipinski definition) is 2. The van der Waals surface area contributed by atoms with Gasteiger partial charge in [-0.2, -0.15) is 5.26 Å². The zero-order chi connectivity index (χ0) is 30.4. The molecule has 13 heteroatoms. The monoisotopic (exact) mass is 648 g/mol. The number of ether oxygens (including phenoxy) is 1. The molecule has 0 spiro atoms. The van der Waals surface area contributed by atoms with Crippen molar-refractivity contribution in [3.05, 3.63) is 91.2 Å². The summed E-state index contributed by atoms with van der Waals surface area (Å²) in [6, 6.07) is 10.1. The van der Waals surface area contributed by atoms with Gasteiger partial charge in [-0.1, -0.05) is 35.3 Å². The number of thiophene rings is 1. The van der Waals surface area contributed by atoms with Gasteiger partial charge < -0.3 is 15.4 Å². The summed E-state index contributed by atoms with van der Waals surface area (Å²) in [6.07, 6.45) is 4.41. The summed E-state index contributed by atoms with van der Waals surface area (Å²) in [7, 11) is 0. The number of halogens is 3. The summed E-state index contributed by atoms with van der Waals surface area (Å²) in [4.78, 5) is 8.29. The Labute approximate surface area is 267 Å². The van der Waals surface area contributed by atoms with Crippen molar-refractivity contribution in [2.45, 2.75) is 32.0 Å². The van der Waals surface area contributed by atoms with E-state index in [0.29, 0.717) is 46.1 Å². The number of pyridine rings is 1. The van der Waals surface area contributed by atoms with E-state index >= 15 is 0 Å². The van der Waals surface area contributed by atoms with Crippen molar-refractivity contribution in [2.24, 2.45) is 0 Å². The number of nitrogens with zero attached hydrogens (tertiary/aromatic N) is 6. The van der Waals surface area contributed by atoms with E-state index < -0.39 is 5.82 Å². The predicted octanol–water partition coefficient (Wildman–Crippen LogP) is 7.10. The molecular formula is C31H27Cl2FN8OS. The second kappa shape index (κ2) is 12.0. The van der Waals surface area contributed by atoms with E-state index in [4.69, 9.17) is 27.9 Å². The van der Waals surface area contributed by atoms with Crippen molar-refractivity contribution in [3.63, 3.8) is 0 Å². The molecule has 0 saturated carbocycles. The molecule has 2 aromatic carbocycles. The number of aromatic nitrogens is 4. The quantitative estimate of drug-likeness (QED) is 0.184. The Morgan fingerprint density at radius 1 is 1.20 bits per heavy atom. The highest BCUT2D eigenvalue weighted by atomic mass is 35.5. The number of nitriles is 1. The summed E-state index contributed by atoms with van der Waals surface area (Å²) < 4.78 is 21.1. The summed E-state index contributed by atoms with van der Waals surface area (Å²) in [5, 5.41) is 29.1. The minimum absolute atomic E-state index is 0.0299. The molecule has 0 aliphatic carbocycles. The van der Waals surface area contributed by atoms with Crippen molar-refractivity contribution in [1.29, 1.82) is 5.26 Å². The van der Waals surface area contributed by atoms with Crippen LogP contribution in [0.1, 0.15) is 46.3 Å². The first-order chi connectivity index (χ1) is 21.4. The fourth-order valence-electron chi connectivity index (χ4n) is 5.65. The molecule has 0 radical (unpaired) electrons. The standard InChI is InChI=1S/C31H27Cl2FN8OS/c1-2-41-6-5-21-23(16-44-28(21)13-41)31(27-12-42(40-39-27)20-14-43-15-20)38-19-7-22-29(37-18-3-4-26(34)24(32)8-18)17(10-35)11-36-30(22)25(33)9-19/h3-4,7-9,11-12,16,20,31,38H,2,5-6,13-15H2,1H3,(H,36,37). The van der Waals surface area contributed by atoms with E-state index in [1.807, 2.05) is 23.0 Å². The van der Waals surface area contributed by atoms with Crippen molar-refractivity contribution in [2.75, 3.05) is 36.9 Å². The lowest BCUT2D eigenvalue weighted by Gasteiger charge is -2.27. The van der Waals surface area contributed by atoms with Crippen molar-refractivity contribution >= 4 is 62.5 Å². The van der Waals surface area contributed by atoms with Crippen molar-refractivity contribution < 1.29 is 9.13 Å². The fraction of sp³-hybridized carbons (Fsp3) is 0.290. The highest BCUT2D eigenvalue weighted by Crippen LogP contribution is 2.40. The average molecular weight is 650 g/mol. The second-order valence-electron chi connectivity index (χ2n) is 10.9. The third kappa shape index (κ3) is 5.38. The van der Waals surface area contributed by atoms with Gasteiger partial charge in [0, 0.05) is 40.9 Å². The molecule has 44 heavy (non-hydrogen) atoms. The summed E-state index contributed by atoms with van der Waals surface area (Å²) in [6.45, 7) is 6.37. The minimum atomic E-state index is -0.530. The Morgan fingerprint density at radius 3 is 2.80 bits per heavy atom. The molecule has 0 amide bonds. The number of hydrogen-bond acceptors (Lipinski definition) is 9. The normalized spacial score (nSPS) is 15.9. The molecule has 3 aromatic heterocycles. The lowest BCUT2D eigenvalue weighted by molar-refractivity contribution is -0.0293. The topological polar surface area (TPSA) is 104 Å². The number of benzene rings is 2. The highest BCUT2D eigenvalue weighted by Gasteiger charge is 2.29. The van der Waals surface area contributed by atoms with E-state index in [1.54, 1.807) is 17.4 Å². The van der Waals surface area contributed by atoms with Gasteiger partial charge in [-0.3, -0.25) is 9.88 Å². The van der Waals surface area contributed by atoms with Crippen LogP contribution in [-0.4, -0.2) is 51.2 Å². The largest absolute Gasteiger partial charge is 0.377 e. The van der Waals surface area contributed by atoms with E-state index in [0.717, 1.165) is 43.0 Å². The Kier molecular flexibility index (Phi) is 7.86. The Bertz CT molecular complexity index is 1920. The zero-order valence-electron chi connectivity index (χ0n) is 23.6. The first kappa shape index (κ1) is 29.0. The lowest BCUT2D eigenvalue weighted by atomic mass is 9.96. The molecule has 1 saturated heterocycles. The van der Waals surface area contributed by atoms with E-state index in [-0.39, 0.29) is 17.1 Å². The molecule has 9 nitrogen and oxygen atoms in total. The molecule has 5 heterocycles. The van der Waals surface area contributed by atoms with Crippen LogP contribution in [-0.2, 0) is 17.7 Å². The van der Waals surface area contributed by atoms with E-state index in [9.17, 15) is 9.65 Å². The van der Waals surface area contributed by atoms with Gasteiger partial charge in [0.05, 0.1) is 52.3 Å². The molecule has 2 aliphatic heterocycles. The summed E-state index contributed by atoms with van der Waals surface area (Å²) in [5.74, 6) is -0.530. The Hall–Kier alpha value is -3.79. The maximum atomic E-state index is 13.9. The van der Waals surface area contributed by atoms with Gasteiger partial charge in [0.25, 0.3) is 0 Å². The SMILES string of the molecule is CCN1CCc2c(C(Nc3cc(Cl)c4ncc(C#N)c(Nc5ccc(F)c(Cl)c5)c4c3)c3cn(C4COC4)nn3)csc2C1. The van der Waals surface area contributed by atoms with Crippen molar-refractivity contribution in [1.82, 2.24) is 24.9 Å². The molecular weight excluding hydrogens is 622 g/mol. The van der Waals surface area contributed by atoms with Crippen LogP contribution >= 0.6 is 34.5 Å². The van der Waals surface area contributed by atoms with E-state index in [1.165, 1.54) is 28.8 Å². The van der Waals surface area contributed by atoms with Crippen LogP contribution in [0.2, 0.25) is 10.0 Å². The number of fused-ring (bicyclic) bond motifs is 2. The predicted molar refractivity (Wildman–Crippen MR) is 170 cm³/mol. The van der Waals surface area contributed by atoms with E-state index in [2.05, 4.69) is 49.2 Å². The lowest BCUT2D eigenvalue weighted by Crippen LogP contribution is -2.31. The van der Waals surface area contributed by atoms with Crippen LogP contribution < -0.4 is 10.6 Å². The van der Waals surface area contributed by atoms with Crippen LogP contribution in [0.5, 0.6) is 0 Å². The fourth-order valence-corrected chi connectivity index (χ4v) is 7.27. The highest BCUT2D eigenvalue weighted by molar-refractivity contribution is 7.10. The molecule has 2 N–H and O–H groups in total. The van der Waals surface area contributed by atoms with Crippen LogP contribution in [0.4, 0.5) is 21.5 Å². The van der Waals surface area contributed by atoms with Crippen LogP contribution in [0.3, 0.4) is 0 Å². The zero-order valence-corrected chi connectivity index (χ0v) is 26.0.